The highest BCUT2D eigenvalue weighted by molar-refractivity contribution is 5.85. The molecule has 2 heteroatoms. The van der Waals surface area contributed by atoms with E-state index in [1.165, 1.54) is 5.56 Å². The Balaban J connectivity index is 0. The van der Waals surface area contributed by atoms with Crippen molar-refractivity contribution in [2.24, 2.45) is 0 Å². The van der Waals surface area contributed by atoms with Crippen LogP contribution in [0.25, 0.3) is 0 Å². The third-order valence-electron chi connectivity index (χ3n) is 0.940. The van der Waals surface area contributed by atoms with Crippen LogP contribution in [0.15, 0.2) is 30.3 Å². The van der Waals surface area contributed by atoms with Crippen LogP contribution in [-0.2, 0) is 0 Å². The maximum Gasteiger partial charge on any atom is 0.187 e. The van der Waals surface area contributed by atoms with Gasteiger partial charge in [-0.2, -0.15) is 0 Å². The molecule has 0 heterocycles. The third-order valence-corrected chi connectivity index (χ3v) is 0.940. The van der Waals surface area contributed by atoms with Crippen LogP contribution < -0.4 is 0 Å². The minimum atomic E-state index is 0. The summed E-state index contributed by atoms with van der Waals surface area (Å²) in [7, 11) is 0. The topological polar surface area (TPSA) is 0 Å². The Hall–Kier alpha value is 0.0425. The lowest BCUT2D eigenvalue weighted by atomic mass is 10.2. The summed E-state index contributed by atoms with van der Waals surface area (Å²) in [6.45, 7) is 2.08. The van der Waals surface area contributed by atoms with Gasteiger partial charge in [0, 0.05) is 0 Å². The van der Waals surface area contributed by atoms with E-state index in [1.807, 2.05) is 18.2 Å². The summed E-state index contributed by atoms with van der Waals surface area (Å²) in [6, 6.07) is 10.3. The van der Waals surface area contributed by atoms with Crippen LogP contribution in [0.4, 0.5) is 0 Å². The molecule has 1 rings (SSSR count). The highest BCUT2D eigenvalue weighted by Gasteiger charge is 1.72. The lowest BCUT2D eigenvalue weighted by Gasteiger charge is -1.82. The molecule has 0 saturated heterocycles. The Labute approximate surface area is 72.8 Å². The van der Waals surface area contributed by atoms with Gasteiger partial charge >= 0.3 is 0 Å². The molecule has 0 aliphatic rings. The number of halogens is 1. The number of benzene rings is 1. The maximum atomic E-state index is 2.08. The van der Waals surface area contributed by atoms with Gasteiger partial charge < -0.3 is 0 Å². The van der Waals surface area contributed by atoms with Crippen molar-refractivity contribution < 1.29 is 0 Å². The first-order chi connectivity index (χ1) is 3.39. The van der Waals surface area contributed by atoms with Gasteiger partial charge in [0.25, 0.3) is 0 Å². The van der Waals surface area contributed by atoms with Crippen LogP contribution in [0.2, 0.25) is 0 Å². The molecule has 0 atom stereocenters. The molecule has 50 valence electrons. The number of aryl methyl sites for hydroxylation is 1. The predicted octanol–water partition coefficient (Wildman–Crippen LogP) is 1.23. The summed E-state index contributed by atoms with van der Waals surface area (Å²) in [6.07, 6.45) is 0. The quantitative estimate of drug-likeness (QED) is 0.499. The van der Waals surface area contributed by atoms with Gasteiger partial charge in [-0.1, -0.05) is 35.9 Å². The average molecular weight is 159 g/mol. The average Bonchev–Trinajstić information content (AvgIpc) is 1.69. The molecule has 0 saturated carbocycles. The van der Waals surface area contributed by atoms with Crippen LogP contribution >= 0.6 is 12.4 Å². The Morgan fingerprint density at radius 1 is 1.00 bits per heavy atom. The highest BCUT2D eigenvalue weighted by atomic mass is 35.5. The van der Waals surface area contributed by atoms with Gasteiger partial charge in [0.05, 0.1) is 0 Å². The molecule has 0 aliphatic heterocycles. The van der Waals surface area contributed by atoms with E-state index < -0.39 is 0 Å². The largest absolute Gasteiger partial charge is 0.187 e. The van der Waals surface area contributed by atoms with Crippen molar-refractivity contribution in [2.75, 3.05) is 0 Å². The van der Waals surface area contributed by atoms with Gasteiger partial charge in [-0.3, -0.25) is 0 Å². The van der Waals surface area contributed by atoms with Gasteiger partial charge in [-0.15, -0.1) is 12.4 Å². The van der Waals surface area contributed by atoms with Crippen molar-refractivity contribution in [3.05, 3.63) is 35.9 Å². The minimum absolute atomic E-state index is 0. The second-order valence-electron chi connectivity index (χ2n) is 1.65. The van der Waals surface area contributed by atoms with Gasteiger partial charge in [-0.05, 0) is 6.92 Å². The Kier molecular flexibility index (Phi) is 8.08. The van der Waals surface area contributed by atoms with Crippen LogP contribution in [0, 0.1) is 6.92 Å². The minimum Gasteiger partial charge on any atom is -0.147 e. The maximum absolute atomic E-state index is 2.08. The lowest BCUT2D eigenvalue weighted by Crippen LogP contribution is -1.62. The highest BCUT2D eigenvalue weighted by Crippen LogP contribution is 1.92. The predicted molar refractivity (Wildman–Crippen MR) is 48.4 cm³/mol. The van der Waals surface area contributed by atoms with Crippen molar-refractivity contribution in [3.63, 3.8) is 0 Å². The Morgan fingerprint density at radius 3 is 1.67 bits per heavy atom. The van der Waals surface area contributed by atoms with E-state index in [4.69, 9.17) is 0 Å². The lowest BCUT2D eigenvalue weighted by molar-refractivity contribution is 1.48. The van der Waals surface area contributed by atoms with Gasteiger partial charge in [0.1, 0.15) is 0 Å². The smallest absolute Gasteiger partial charge is 0.147 e. The van der Waals surface area contributed by atoms with Crippen molar-refractivity contribution in [1.82, 2.24) is 0 Å². The van der Waals surface area contributed by atoms with E-state index in [0.29, 0.717) is 0 Å². The first-order valence-corrected chi connectivity index (χ1v) is 2.41. The second-order valence-corrected chi connectivity index (χ2v) is 1.65. The molecule has 0 unspecified atom stereocenters. The van der Waals surface area contributed by atoms with E-state index in [1.54, 1.807) is 0 Å². The van der Waals surface area contributed by atoms with Crippen LogP contribution in [0.5, 0.6) is 0 Å². The third kappa shape index (κ3) is 4.54. The molecule has 0 bridgehead atoms. The molecular formula is C7H12AlCl. The molecule has 0 N–H and O–H groups in total. The summed E-state index contributed by atoms with van der Waals surface area (Å²) < 4.78 is 0. The fourth-order valence-corrected chi connectivity index (χ4v) is 0.534. The molecule has 1 aromatic rings. The Morgan fingerprint density at radius 2 is 1.44 bits per heavy atom. The molecule has 0 radical (unpaired) electrons. The summed E-state index contributed by atoms with van der Waals surface area (Å²) in [5.74, 6) is 0. The fraction of sp³-hybridized carbons (Fsp3) is 0.143. The first kappa shape index (κ1) is 11.8. The van der Waals surface area contributed by atoms with Crippen molar-refractivity contribution in [2.45, 2.75) is 6.92 Å². The molecule has 9 heavy (non-hydrogen) atoms. The molecule has 0 spiro atoms. The van der Waals surface area contributed by atoms with Gasteiger partial charge in [0.15, 0.2) is 17.4 Å². The van der Waals surface area contributed by atoms with E-state index in [2.05, 4.69) is 19.1 Å². The van der Waals surface area contributed by atoms with E-state index in [-0.39, 0.29) is 29.8 Å². The molecule has 0 fully saturated rings. The Bertz CT molecular complexity index is 139. The molecular weight excluding hydrogens is 147 g/mol. The van der Waals surface area contributed by atoms with E-state index >= 15 is 0 Å². The number of hydrogen-bond acceptors (Lipinski definition) is 0. The fourth-order valence-electron chi connectivity index (χ4n) is 0.534. The number of hydrogen-bond donors (Lipinski definition) is 0. The first-order valence-electron chi connectivity index (χ1n) is 2.41. The zero-order valence-electron chi connectivity index (χ0n) is 4.79. The van der Waals surface area contributed by atoms with Crippen molar-refractivity contribution in [1.29, 1.82) is 0 Å². The number of rotatable bonds is 0. The SMILES string of the molecule is Cc1ccccc1.Cl.[AlH3]. The van der Waals surface area contributed by atoms with Crippen molar-refractivity contribution >= 4 is 29.8 Å². The molecule has 0 nitrogen and oxygen atoms in total. The molecule has 0 amide bonds. The standard InChI is InChI=1S/C7H8.Al.ClH.3H/c1-7-5-3-2-4-6-7;;;;;/h2-6H,1H3;;1H;;;. The van der Waals surface area contributed by atoms with Crippen LogP contribution in [0.1, 0.15) is 5.56 Å². The second kappa shape index (κ2) is 6.17. The van der Waals surface area contributed by atoms with Crippen LogP contribution in [0.3, 0.4) is 0 Å². The zero-order valence-corrected chi connectivity index (χ0v) is 5.61. The summed E-state index contributed by atoms with van der Waals surface area (Å²) in [4.78, 5) is 0. The normalized spacial score (nSPS) is 6.78. The summed E-state index contributed by atoms with van der Waals surface area (Å²) in [5, 5.41) is 0. The van der Waals surface area contributed by atoms with Crippen LogP contribution in [-0.4, -0.2) is 17.4 Å². The zero-order chi connectivity index (χ0) is 5.11. The van der Waals surface area contributed by atoms with Gasteiger partial charge in [0.2, 0.25) is 0 Å². The summed E-state index contributed by atoms with van der Waals surface area (Å²) >= 11 is 0. The summed E-state index contributed by atoms with van der Waals surface area (Å²) in [5.41, 5.74) is 1.32. The van der Waals surface area contributed by atoms with E-state index in [9.17, 15) is 0 Å². The van der Waals surface area contributed by atoms with Crippen molar-refractivity contribution in [3.8, 4) is 0 Å². The monoisotopic (exact) mass is 158 g/mol. The molecule has 0 aliphatic carbocycles. The van der Waals surface area contributed by atoms with E-state index in [0.717, 1.165) is 0 Å². The molecule has 1 aromatic carbocycles. The van der Waals surface area contributed by atoms with Gasteiger partial charge in [-0.25, -0.2) is 0 Å². The molecule has 0 aromatic heterocycles.